The summed E-state index contributed by atoms with van der Waals surface area (Å²) in [5.74, 6) is 1.70. The fourth-order valence-electron chi connectivity index (χ4n) is 2.29. The zero-order chi connectivity index (χ0) is 12.4. The zero-order valence-corrected chi connectivity index (χ0v) is 10.3. The van der Waals surface area contributed by atoms with Crippen LogP contribution in [-0.2, 0) is 13.0 Å². The number of aromatic nitrogens is 2. The fraction of sp³-hybridized carbons (Fsp3) is 0.286. The molecule has 0 saturated carbocycles. The first kappa shape index (κ1) is 11.0. The van der Waals surface area contributed by atoms with Gasteiger partial charge in [-0.1, -0.05) is 6.07 Å². The number of methoxy groups -OCH3 is 1. The van der Waals surface area contributed by atoms with Crippen molar-refractivity contribution in [3.05, 3.63) is 47.8 Å². The molecule has 18 heavy (non-hydrogen) atoms. The van der Waals surface area contributed by atoms with Crippen molar-refractivity contribution in [1.29, 1.82) is 0 Å². The van der Waals surface area contributed by atoms with Crippen LogP contribution >= 0.6 is 0 Å². The lowest BCUT2D eigenvalue weighted by molar-refractivity contribution is 0.413. The lowest BCUT2D eigenvalue weighted by Gasteiger charge is -2.28. The number of hydrogen-bond acceptors (Lipinski definition) is 4. The summed E-state index contributed by atoms with van der Waals surface area (Å²) in [5, 5.41) is 0. The molecule has 2 heterocycles. The zero-order valence-electron chi connectivity index (χ0n) is 10.3. The first-order valence-electron chi connectivity index (χ1n) is 6.04. The second-order valence-corrected chi connectivity index (χ2v) is 4.35. The van der Waals surface area contributed by atoms with Gasteiger partial charge in [-0.3, -0.25) is 0 Å². The van der Waals surface area contributed by atoms with Crippen LogP contribution in [0.2, 0.25) is 0 Å². The van der Waals surface area contributed by atoms with E-state index in [1.807, 2.05) is 12.1 Å². The van der Waals surface area contributed by atoms with Crippen molar-refractivity contribution >= 4 is 5.95 Å². The molecule has 0 N–H and O–H groups in total. The molecule has 0 unspecified atom stereocenters. The van der Waals surface area contributed by atoms with Crippen LogP contribution in [0.3, 0.4) is 0 Å². The average molecular weight is 241 g/mol. The second kappa shape index (κ2) is 4.64. The Morgan fingerprint density at radius 2 is 2.00 bits per heavy atom. The van der Waals surface area contributed by atoms with Crippen LogP contribution < -0.4 is 9.64 Å². The quantitative estimate of drug-likeness (QED) is 0.806. The molecule has 3 rings (SSSR count). The highest BCUT2D eigenvalue weighted by Gasteiger charge is 2.18. The number of anilines is 1. The number of hydrogen-bond donors (Lipinski definition) is 0. The molecule has 4 heteroatoms. The normalized spacial score (nSPS) is 14.2. The smallest absolute Gasteiger partial charge is 0.225 e. The highest BCUT2D eigenvalue weighted by Crippen LogP contribution is 2.25. The van der Waals surface area contributed by atoms with E-state index in [0.717, 1.165) is 31.2 Å². The maximum Gasteiger partial charge on any atom is 0.225 e. The molecule has 0 radical (unpaired) electrons. The molecule has 1 aromatic carbocycles. The lowest BCUT2D eigenvalue weighted by atomic mass is 10.00. The summed E-state index contributed by atoms with van der Waals surface area (Å²) in [4.78, 5) is 10.8. The molecule has 0 atom stereocenters. The summed E-state index contributed by atoms with van der Waals surface area (Å²) < 4.78 is 5.27. The van der Waals surface area contributed by atoms with Crippen molar-refractivity contribution in [3.8, 4) is 5.75 Å². The van der Waals surface area contributed by atoms with Crippen LogP contribution in [0, 0.1) is 0 Å². The van der Waals surface area contributed by atoms with Crippen LogP contribution in [0.25, 0.3) is 0 Å². The Morgan fingerprint density at radius 3 is 2.78 bits per heavy atom. The summed E-state index contributed by atoms with van der Waals surface area (Å²) in [6.07, 6.45) is 4.59. The number of fused-ring (bicyclic) bond motifs is 1. The van der Waals surface area contributed by atoms with Crippen LogP contribution in [-0.4, -0.2) is 23.6 Å². The number of ether oxygens (including phenoxy) is 1. The Bertz CT molecular complexity index is 542. The van der Waals surface area contributed by atoms with Crippen LogP contribution in [0.15, 0.2) is 36.7 Å². The second-order valence-electron chi connectivity index (χ2n) is 4.35. The van der Waals surface area contributed by atoms with Gasteiger partial charge in [-0.25, -0.2) is 9.97 Å². The van der Waals surface area contributed by atoms with Crippen molar-refractivity contribution in [2.45, 2.75) is 13.0 Å². The van der Waals surface area contributed by atoms with Crippen molar-refractivity contribution < 1.29 is 4.74 Å². The number of nitrogens with zero attached hydrogens (tertiary/aromatic N) is 3. The third-order valence-corrected chi connectivity index (χ3v) is 3.26. The molecule has 1 aliphatic rings. The molecule has 0 aliphatic carbocycles. The number of rotatable bonds is 2. The van der Waals surface area contributed by atoms with Gasteiger partial charge in [0.2, 0.25) is 5.95 Å². The molecule has 2 aromatic rings. The highest BCUT2D eigenvalue weighted by molar-refractivity contribution is 5.43. The maximum absolute atomic E-state index is 5.27. The van der Waals surface area contributed by atoms with Crippen molar-refractivity contribution in [2.75, 3.05) is 18.6 Å². The summed E-state index contributed by atoms with van der Waals surface area (Å²) in [5.41, 5.74) is 2.69. The van der Waals surface area contributed by atoms with E-state index >= 15 is 0 Å². The summed E-state index contributed by atoms with van der Waals surface area (Å²) in [6.45, 7) is 1.81. The van der Waals surface area contributed by atoms with Gasteiger partial charge in [-0.05, 0) is 35.7 Å². The molecule has 0 bridgehead atoms. The standard InChI is InChI=1S/C14H15N3O/c1-18-13-4-3-11-5-8-17(10-12(11)9-13)14-15-6-2-7-16-14/h2-4,6-7,9H,5,8,10H2,1H3. The van der Waals surface area contributed by atoms with Gasteiger partial charge in [0, 0.05) is 25.5 Å². The first-order valence-corrected chi connectivity index (χ1v) is 6.04. The fourth-order valence-corrected chi connectivity index (χ4v) is 2.29. The van der Waals surface area contributed by atoms with Crippen molar-refractivity contribution in [3.63, 3.8) is 0 Å². The third-order valence-electron chi connectivity index (χ3n) is 3.26. The molecular formula is C14H15N3O. The van der Waals surface area contributed by atoms with Crippen molar-refractivity contribution in [2.24, 2.45) is 0 Å². The Labute approximate surface area is 106 Å². The Hall–Kier alpha value is -2.10. The van der Waals surface area contributed by atoms with Gasteiger partial charge in [0.15, 0.2) is 0 Å². The molecular weight excluding hydrogens is 226 g/mol. The van der Waals surface area contributed by atoms with Gasteiger partial charge in [-0.2, -0.15) is 0 Å². The summed E-state index contributed by atoms with van der Waals surface area (Å²) in [6, 6.07) is 8.11. The SMILES string of the molecule is COc1ccc2c(c1)CN(c1ncccn1)CC2. The van der Waals surface area contributed by atoms with E-state index in [-0.39, 0.29) is 0 Å². The molecule has 0 fully saturated rings. The minimum absolute atomic E-state index is 0.797. The monoisotopic (exact) mass is 241 g/mol. The van der Waals surface area contributed by atoms with Gasteiger partial charge in [0.1, 0.15) is 5.75 Å². The average Bonchev–Trinajstić information content (AvgIpc) is 2.47. The highest BCUT2D eigenvalue weighted by atomic mass is 16.5. The van der Waals surface area contributed by atoms with E-state index in [1.54, 1.807) is 19.5 Å². The molecule has 1 aliphatic heterocycles. The maximum atomic E-state index is 5.27. The predicted molar refractivity (Wildman–Crippen MR) is 69.8 cm³/mol. The predicted octanol–water partition coefficient (Wildman–Crippen LogP) is 2.05. The van der Waals surface area contributed by atoms with E-state index in [4.69, 9.17) is 4.74 Å². The molecule has 0 spiro atoms. The topological polar surface area (TPSA) is 38.2 Å². The lowest BCUT2D eigenvalue weighted by Crippen LogP contribution is -2.31. The van der Waals surface area contributed by atoms with Gasteiger partial charge in [-0.15, -0.1) is 0 Å². The van der Waals surface area contributed by atoms with Gasteiger partial charge >= 0.3 is 0 Å². The van der Waals surface area contributed by atoms with Gasteiger partial charge in [0.25, 0.3) is 0 Å². The van der Waals surface area contributed by atoms with Gasteiger partial charge < -0.3 is 9.64 Å². The van der Waals surface area contributed by atoms with Crippen LogP contribution in [0.1, 0.15) is 11.1 Å². The molecule has 0 amide bonds. The van der Waals surface area contributed by atoms with Crippen LogP contribution in [0.5, 0.6) is 5.75 Å². The Balaban J connectivity index is 1.88. The summed E-state index contributed by atoms with van der Waals surface area (Å²) >= 11 is 0. The van der Waals surface area contributed by atoms with Gasteiger partial charge in [0.05, 0.1) is 7.11 Å². The van der Waals surface area contributed by atoms with E-state index in [9.17, 15) is 0 Å². The molecule has 0 saturated heterocycles. The van der Waals surface area contributed by atoms with E-state index < -0.39 is 0 Å². The Morgan fingerprint density at radius 1 is 1.17 bits per heavy atom. The van der Waals surface area contributed by atoms with Crippen molar-refractivity contribution in [1.82, 2.24) is 9.97 Å². The molecule has 1 aromatic heterocycles. The molecule has 92 valence electrons. The minimum Gasteiger partial charge on any atom is -0.497 e. The first-order chi connectivity index (χ1) is 8.86. The molecule has 4 nitrogen and oxygen atoms in total. The van der Waals surface area contributed by atoms with Crippen LogP contribution in [0.4, 0.5) is 5.95 Å². The van der Waals surface area contributed by atoms with E-state index in [1.165, 1.54) is 11.1 Å². The Kier molecular flexibility index (Phi) is 2.84. The minimum atomic E-state index is 0.797. The van der Waals surface area contributed by atoms with E-state index in [2.05, 4.69) is 27.0 Å². The summed E-state index contributed by atoms with van der Waals surface area (Å²) in [7, 11) is 1.70. The number of benzene rings is 1. The van der Waals surface area contributed by atoms with E-state index in [0.29, 0.717) is 0 Å². The largest absolute Gasteiger partial charge is 0.497 e. The third kappa shape index (κ3) is 2.01.